The van der Waals surface area contributed by atoms with Gasteiger partial charge in [-0.2, -0.15) is 0 Å². The number of benzene rings is 4. The number of halogens is 2. The van der Waals surface area contributed by atoms with E-state index in [1.807, 2.05) is 42.5 Å². The lowest BCUT2D eigenvalue weighted by atomic mass is 9.96. The molecule has 0 fully saturated rings. The van der Waals surface area contributed by atoms with Crippen LogP contribution in [0.15, 0.2) is 54.6 Å². The topological polar surface area (TPSA) is 26.0 Å². The molecule has 0 unspecified atom stereocenters. The number of anilines is 1. The molecule has 0 spiro atoms. The van der Waals surface area contributed by atoms with Gasteiger partial charge in [-0.15, -0.1) is 0 Å². The van der Waals surface area contributed by atoms with Crippen LogP contribution < -0.4 is 5.73 Å². The molecule has 1 nitrogen and oxygen atoms in total. The van der Waals surface area contributed by atoms with Gasteiger partial charge >= 0.3 is 0 Å². The van der Waals surface area contributed by atoms with Crippen LogP contribution in [0.25, 0.3) is 32.3 Å². The second-order valence-corrected chi connectivity index (χ2v) is 5.13. The average molecular weight is 279 g/mol. The summed E-state index contributed by atoms with van der Waals surface area (Å²) in [4.78, 5) is 0. The molecule has 4 aromatic rings. The first-order valence-electron chi connectivity index (χ1n) is 6.64. The highest BCUT2D eigenvalue weighted by molar-refractivity contribution is 6.18. The van der Waals surface area contributed by atoms with E-state index in [0.29, 0.717) is 10.8 Å². The lowest BCUT2D eigenvalue weighted by Gasteiger charge is -2.10. The van der Waals surface area contributed by atoms with Crippen LogP contribution in [0.1, 0.15) is 0 Å². The third-order valence-corrected chi connectivity index (χ3v) is 3.98. The van der Waals surface area contributed by atoms with Crippen molar-refractivity contribution in [2.75, 3.05) is 5.73 Å². The molecule has 0 bridgehead atoms. The highest BCUT2D eigenvalue weighted by atomic mass is 19.2. The fourth-order valence-electron chi connectivity index (χ4n) is 2.94. The first-order chi connectivity index (χ1) is 10.2. The smallest absolute Gasteiger partial charge is 0.182 e. The zero-order valence-electron chi connectivity index (χ0n) is 11.0. The first kappa shape index (κ1) is 12.1. The Hall–Kier alpha value is -2.68. The molecule has 0 saturated heterocycles. The summed E-state index contributed by atoms with van der Waals surface area (Å²) < 4.78 is 27.3. The summed E-state index contributed by atoms with van der Waals surface area (Å²) in [5.41, 5.74) is 5.57. The van der Waals surface area contributed by atoms with Crippen molar-refractivity contribution in [2.45, 2.75) is 0 Å². The molecule has 21 heavy (non-hydrogen) atoms. The second kappa shape index (κ2) is 4.16. The number of hydrogen-bond acceptors (Lipinski definition) is 1. The Balaban J connectivity index is 2.27. The van der Waals surface area contributed by atoms with Crippen LogP contribution in [-0.4, -0.2) is 0 Å². The molecule has 0 aliphatic heterocycles. The van der Waals surface area contributed by atoms with Crippen molar-refractivity contribution in [2.24, 2.45) is 0 Å². The number of nitrogens with two attached hydrogens (primary N) is 1. The molecule has 0 radical (unpaired) electrons. The van der Waals surface area contributed by atoms with E-state index in [4.69, 9.17) is 5.73 Å². The van der Waals surface area contributed by atoms with Crippen LogP contribution in [0.3, 0.4) is 0 Å². The maximum Gasteiger partial charge on any atom is 0.182 e. The van der Waals surface area contributed by atoms with Crippen LogP contribution >= 0.6 is 0 Å². The Kier molecular flexibility index (Phi) is 2.39. The summed E-state index contributed by atoms with van der Waals surface area (Å²) in [6.45, 7) is 0. The number of fused-ring (bicyclic) bond motifs is 5. The van der Waals surface area contributed by atoms with E-state index in [1.54, 1.807) is 6.07 Å². The lowest BCUT2D eigenvalue weighted by Crippen LogP contribution is -1.96. The van der Waals surface area contributed by atoms with Gasteiger partial charge in [0.1, 0.15) is 0 Å². The third kappa shape index (κ3) is 1.61. The lowest BCUT2D eigenvalue weighted by molar-refractivity contribution is 0.514. The third-order valence-electron chi connectivity index (χ3n) is 3.98. The summed E-state index contributed by atoms with van der Waals surface area (Å²) in [7, 11) is 0. The molecule has 0 amide bonds. The molecule has 0 aliphatic carbocycles. The predicted molar refractivity (Wildman–Crippen MR) is 83.3 cm³/mol. The van der Waals surface area contributed by atoms with Crippen LogP contribution in [0, 0.1) is 11.6 Å². The maximum absolute atomic E-state index is 13.7. The van der Waals surface area contributed by atoms with Crippen molar-refractivity contribution in [3.8, 4) is 0 Å². The van der Waals surface area contributed by atoms with E-state index in [0.717, 1.165) is 21.5 Å². The molecule has 3 heteroatoms. The number of hydrogen-bond donors (Lipinski definition) is 1. The molecular weight excluding hydrogens is 268 g/mol. The molecular formula is C18H11F2N. The molecule has 102 valence electrons. The molecule has 0 aliphatic rings. The van der Waals surface area contributed by atoms with Gasteiger partial charge in [0.15, 0.2) is 11.6 Å². The molecule has 4 rings (SSSR count). The van der Waals surface area contributed by atoms with Crippen molar-refractivity contribution in [3.63, 3.8) is 0 Å². The molecule has 2 N–H and O–H groups in total. The van der Waals surface area contributed by atoms with E-state index in [1.165, 1.54) is 6.07 Å². The highest BCUT2D eigenvalue weighted by Gasteiger charge is 2.13. The molecule has 0 atom stereocenters. The van der Waals surface area contributed by atoms with Crippen LogP contribution in [-0.2, 0) is 0 Å². The molecule has 0 heterocycles. The van der Waals surface area contributed by atoms with Crippen LogP contribution in [0.5, 0.6) is 0 Å². The quantitative estimate of drug-likeness (QED) is 0.355. The zero-order chi connectivity index (χ0) is 14.6. The maximum atomic E-state index is 13.7. The van der Waals surface area contributed by atoms with Gasteiger partial charge < -0.3 is 5.73 Å². The molecule has 4 aromatic carbocycles. The van der Waals surface area contributed by atoms with Crippen LogP contribution in [0.4, 0.5) is 14.5 Å². The standard InChI is InChI=1S/C18H11F2N/c19-16-9-15-13-6-5-10-3-1-2-4-11(10)12(13)7-8-14(15)18(21)17(16)20/h1-9H,21H2. The van der Waals surface area contributed by atoms with Gasteiger partial charge in [-0.25, -0.2) is 8.78 Å². The monoisotopic (exact) mass is 279 g/mol. The summed E-state index contributed by atoms with van der Waals surface area (Å²) in [5, 5.41) is 5.24. The number of rotatable bonds is 0. The fraction of sp³-hybridized carbons (Fsp3) is 0. The van der Waals surface area contributed by atoms with Crippen molar-refractivity contribution in [1.82, 2.24) is 0 Å². The Bertz CT molecular complexity index is 1020. The van der Waals surface area contributed by atoms with Gasteiger partial charge in [0.2, 0.25) is 0 Å². The first-order valence-corrected chi connectivity index (χ1v) is 6.64. The molecule has 0 aromatic heterocycles. The molecule has 0 saturated carbocycles. The Labute approximate surface area is 119 Å². The van der Waals surface area contributed by atoms with E-state index in [2.05, 4.69) is 0 Å². The Morgan fingerprint density at radius 1 is 0.667 bits per heavy atom. The summed E-state index contributed by atoms with van der Waals surface area (Å²) in [5.74, 6) is -1.90. The highest BCUT2D eigenvalue weighted by Crippen LogP contribution is 2.35. The van der Waals surface area contributed by atoms with Crippen molar-refractivity contribution < 1.29 is 8.78 Å². The number of nitrogen functional groups attached to an aromatic ring is 1. The zero-order valence-corrected chi connectivity index (χ0v) is 11.0. The largest absolute Gasteiger partial charge is 0.396 e. The van der Waals surface area contributed by atoms with E-state index >= 15 is 0 Å². The van der Waals surface area contributed by atoms with Gasteiger partial charge in [0.05, 0.1) is 5.69 Å². The summed E-state index contributed by atoms with van der Waals surface area (Å²) in [6.07, 6.45) is 0. The summed E-state index contributed by atoms with van der Waals surface area (Å²) in [6, 6.07) is 16.8. The van der Waals surface area contributed by atoms with Crippen molar-refractivity contribution >= 4 is 38.0 Å². The summed E-state index contributed by atoms with van der Waals surface area (Å²) >= 11 is 0. The van der Waals surface area contributed by atoms with Gasteiger partial charge in [-0.05, 0) is 33.0 Å². The minimum Gasteiger partial charge on any atom is -0.396 e. The predicted octanol–water partition coefficient (Wildman–Crippen LogP) is 5.01. The minimum atomic E-state index is -0.984. The fourth-order valence-corrected chi connectivity index (χ4v) is 2.94. The van der Waals surface area contributed by atoms with Crippen LogP contribution in [0.2, 0.25) is 0 Å². The van der Waals surface area contributed by atoms with E-state index in [-0.39, 0.29) is 5.69 Å². The van der Waals surface area contributed by atoms with Crippen molar-refractivity contribution in [1.29, 1.82) is 0 Å². The SMILES string of the molecule is Nc1c(F)c(F)cc2c1ccc1c3ccccc3ccc21. The van der Waals surface area contributed by atoms with Crippen molar-refractivity contribution in [3.05, 3.63) is 66.2 Å². The Morgan fingerprint density at radius 2 is 1.33 bits per heavy atom. The van der Waals surface area contributed by atoms with E-state index in [9.17, 15) is 8.78 Å². The second-order valence-electron chi connectivity index (χ2n) is 5.13. The normalized spacial score (nSPS) is 11.5. The van der Waals surface area contributed by atoms with E-state index < -0.39 is 11.6 Å². The minimum absolute atomic E-state index is 0.139. The van der Waals surface area contributed by atoms with Gasteiger partial charge in [0, 0.05) is 5.39 Å². The van der Waals surface area contributed by atoms with Gasteiger partial charge in [0.25, 0.3) is 0 Å². The van der Waals surface area contributed by atoms with Gasteiger partial charge in [-0.3, -0.25) is 0 Å². The van der Waals surface area contributed by atoms with Gasteiger partial charge in [-0.1, -0.05) is 48.5 Å². The Morgan fingerprint density at radius 3 is 2.19 bits per heavy atom. The average Bonchev–Trinajstić information content (AvgIpc) is 2.52.